The van der Waals surface area contributed by atoms with Crippen LogP contribution in [0, 0.1) is 20.8 Å². The molecule has 9 heteroatoms. The highest BCUT2D eigenvalue weighted by Crippen LogP contribution is 2.27. The van der Waals surface area contributed by atoms with Crippen LogP contribution in [0.3, 0.4) is 0 Å². The Bertz CT molecular complexity index is 467. The zero-order valence-corrected chi connectivity index (χ0v) is 9.18. The zero-order chi connectivity index (χ0) is 13.4. The molecule has 0 spiro atoms. The molecule has 0 radical (unpaired) electrons. The van der Waals surface area contributed by atoms with Gasteiger partial charge in [-0.15, -0.1) is 0 Å². The molecule has 0 atom stereocenters. The average Bonchev–Trinajstić information content (AvgIpc) is 2.20. The van der Waals surface area contributed by atoms with Crippen molar-refractivity contribution in [2.24, 2.45) is 5.73 Å². The second-order valence-electron chi connectivity index (χ2n) is 2.51. The minimum atomic E-state index is -1.33. The number of nitriles is 1. The van der Waals surface area contributed by atoms with Gasteiger partial charge in [0.1, 0.15) is 11.1 Å². The summed E-state index contributed by atoms with van der Waals surface area (Å²) in [6.07, 6.45) is -1.33. The van der Waals surface area contributed by atoms with E-state index in [1.165, 1.54) is 12.1 Å². The molecule has 1 aromatic rings. The molecule has 0 aliphatic heterocycles. The van der Waals surface area contributed by atoms with Crippen LogP contribution in [0.1, 0.15) is 0 Å². The third-order valence-corrected chi connectivity index (χ3v) is 1.94. The van der Waals surface area contributed by atoms with Gasteiger partial charge in [0.15, 0.2) is 0 Å². The molecule has 1 rings (SSSR count). The van der Waals surface area contributed by atoms with E-state index in [1.54, 1.807) is 6.07 Å². The van der Waals surface area contributed by atoms with Crippen LogP contribution in [0.15, 0.2) is 23.1 Å². The topological polar surface area (TPSA) is 156 Å². The second kappa shape index (κ2) is 6.91. The molecule has 0 fully saturated rings. The van der Waals surface area contributed by atoms with Crippen molar-refractivity contribution in [3.05, 3.63) is 28.3 Å². The monoisotopic (exact) mass is 256 g/mol. The van der Waals surface area contributed by atoms with Crippen molar-refractivity contribution in [3.8, 4) is 5.40 Å². The Kier molecular flexibility index (Phi) is 5.91. The van der Waals surface area contributed by atoms with E-state index >= 15 is 0 Å². The molecule has 0 bridgehead atoms. The number of hydrogen-bond donors (Lipinski definition) is 3. The Labute approximate surface area is 100.0 Å². The lowest BCUT2D eigenvalue weighted by Crippen LogP contribution is -2.03. The van der Waals surface area contributed by atoms with E-state index in [2.05, 4.69) is 5.73 Å². The van der Waals surface area contributed by atoms with Crippen LogP contribution in [0.4, 0.5) is 16.2 Å². The number of carboxylic acid groups (broad SMARTS) is 1. The lowest BCUT2D eigenvalue weighted by molar-refractivity contribution is -0.384. The summed E-state index contributed by atoms with van der Waals surface area (Å²) in [6.45, 7) is 0. The number of rotatable bonds is 2. The second-order valence-corrected chi connectivity index (χ2v) is 3.37. The number of nitro groups is 1. The number of hydrogen-bond acceptors (Lipinski definition) is 6. The molecule has 5 N–H and O–H groups in total. The van der Waals surface area contributed by atoms with Crippen molar-refractivity contribution in [1.82, 2.24) is 0 Å². The Hall–Kier alpha value is -2.47. The number of primary amides is 1. The standard InChI is InChI=1S/C7H5N3O2S.CH3NO2/c8-4-13-5-1-2-6(9)7(3-5)10(11)12;2-1(3)4/h1-3H,9H2;2H2,(H,3,4). The van der Waals surface area contributed by atoms with E-state index in [0.717, 1.165) is 11.8 Å². The van der Waals surface area contributed by atoms with E-state index in [4.69, 9.17) is 20.9 Å². The number of thiocyanates is 1. The molecule has 0 heterocycles. The molecule has 0 saturated carbocycles. The molecule has 1 amide bonds. The van der Waals surface area contributed by atoms with Gasteiger partial charge in [0, 0.05) is 11.0 Å². The van der Waals surface area contributed by atoms with Crippen molar-refractivity contribution in [3.63, 3.8) is 0 Å². The van der Waals surface area contributed by atoms with Crippen molar-refractivity contribution in [2.75, 3.05) is 5.73 Å². The van der Waals surface area contributed by atoms with Gasteiger partial charge in [0.05, 0.1) is 4.92 Å². The molecule has 0 aliphatic carbocycles. The van der Waals surface area contributed by atoms with E-state index < -0.39 is 11.0 Å². The number of nitrogens with zero attached hydrogens (tertiary/aromatic N) is 2. The fraction of sp³-hybridized carbons (Fsp3) is 0. The number of amides is 1. The molecule has 0 unspecified atom stereocenters. The predicted molar refractivity (Wildman–Crippen MR) is 61.2 cm³/mol. The summed E-state index contributed by atoms with van der Waals surface area (Å²) in [6, 6.07) is 4.26. The van der Waals surface area contributed by atoms with Gasteiger partial charge in [0.25, 0.3) is 5.69 Å². The number of nitro benzene ring substituents is 1. The molecule has 90 valence electrons. The predicted octanol–water partition coefficient (Wildman–Crippen LogP) is 1.37. The van der Waals surface area contributed by atoms with Gasteiger partial charge >= 0.3 is 6.09 Å². The average molecular weight is 256 g/mol. The number of nitrogen functional groups attached to an aromatic ring is 1. The van der Waals surface area contributed by atoms with E-state index in [0.29, 0.717) is 4.90 Å². The molecule has 0 aromatic heterocycles. The Morgan fingerprint density at radius 2 is 2.12 bits per heavy atom. The summed E-state index contributed by atoms with van der Waals surface area (Å²) in [7, 11) is 0. The number of nitrogens with two attached hydrogens (primary N) is 2. The summed E-state index contributed by atoms with van der Waals surface area (Å²) < 4.78 is 0. The third kappa shape index (κ3) is 5.85. The fourth-order valence-electron chi connectivity index (χ4n) is 0.798. The lowest BCUT2D eigenvalue weighted by atomic mass is 10.3. The first-order valence-electron chi connectivity index (χ1n) is 3.96. The van der Waals surface area contributed by atoms with Crippen LogP contribution in [0.5, 0.6) is 0 Å². The Morgan fingerprint density at radius 1 is 1.59 bits per heavy atom. The first-order valence-corrected chi connectivity index (χ1v) is 4.78. The largest absolute Gasteiger partial charge is 0.465 e. The fourth-order valence-corrected chi connectivity index (χ4v) is 1.21. The molecule has 1 aromatic carbocycles. The van der Waals surface area contributed by atoms with Gasteiger partial charge in [-0.2, -0.15) is 5.26 Å². The summed E-state index contributed by atoms with van der Waals surface area (Å²) in [5.74, 6) is 0. The van der Waals surface area contributed by atoms with Gasteiger partial charge in [-0.3, -0.25) is 10.1 Å². The third-order valence-electron chi connectivity index (χ3n) is 1.36. The van der Waals surface area contributed by atoms with E-state index in [1.807, 2.05) is 5.40 Å². The highest BCUT2D eigenvalue weighted by atomic mass is 32.2. The van der Waals surface area contributed by atoms with Crippen LogP contribution in [0.2, 0.25) is 0 Å². The highest BCUT2D eigenvalue weighted by molar-refractivity contribution is 8.03. The SMILES string of the molecule is N#CSc1ccc(N)c([N+](=O)[O-])c1.NC(=O)O. The first-order chi connectivity index (χ1) is 7.88. The van der Waals surface area contributed by atoms with Crippen LogP contribution in [0.25, 0.3) is 0 Å². The maximum Gasteiger partial charge on any atom is 0.402 e. The number of carbonyl (C=O) groups is 1. The Morgan fingerprint density at radius 3 is 2.53 bits per heavy atom. The van der Waals surface area contributed by atoms with E-state index in [9.17, 15) is 10.1 Å². The quantitative estimate of drug-likeness (QED) is 0.237. The van der Waals surface area contributed by atoms with Crippen LogP contribution in [-0.2, 0) is 0 Å². The van der Waals surface area contributed by atoms with Gasteiger partial charge in [-0.1, -0.05) is 0 Å². The maximum absolute atomic E-state index is 10.4. The van der Waals surface area contributed by atoms with Crippen molar-refractivity contribution in [1.29, 1.82) is 5.26 Å². The van der Waals surface area contributed by atoms with E-state index in [-0.39, 0.29) is 11.4 Å². The summed E-state index contributed by atoms with van der Waals surface area (Å²) in [5, 5.41) is 27.8. The van der Waals surface area contributed by atoms with Crippen LogP contribution >= 0.6 is 11.8 Å². The summed E-state index contributed by atoms with van der Waals surface area (Å²) >= 11 is 0.861. The van der Waals surface area contributed by atoms with Crippen LogP contribution < -0.4 is 11.5 Å². The van der Waals surface area contributed by atoms with Gasteiger partial charge in [-0.25, -0.2) is 4.79 Å². The molecule has 0 saturated heterocycles. The van der Waals surface area contributed by atoms with Crippen molar-refractivity contribution >= 4 is 29.2 Å². The smallest absolute Gasteiger partial charge is 0.402 e. The summed E-state index contributed by atoms with van der Waals surface area (Å²) in [5.41, 5.74) is 9.32. The minimum Gasteiger partial charge on any atom is -0.465 e. The normalized spacial score (nSPS) is 8.41. The molecule has 17 heavy (non-hydrogen) atoms. The molecule has 0 aliphatic rings. The number of thioether (sulfide) groups is 1. The van der Waals surface area contributed by atoms with Gasteiger partial charge < -0.3 is 16.6 Å². The maximum atomic E-state index is 10.4. The highest BCUT2D eigenvalue weighted by Gasteiger charge is 2.11. The minimum absolute atomic E-state index is 0.104. The van der Waals surface area contributed by atoms with Gasteiger partial charge in [0.2, 0.25) is 0 Å². The van der Waals surface area contributed by atoms with Crippen molar-refractivity contribution in [2.45, 2.75) is 4.90 Å². The molecular weight excluding hydrogens is 248 g/mol. The Balaban J connectivity index is 0.000000557. The summed E-state index contributed by atoms with van der Waals surface area (Å²) in [4.78, 5) is 19.1. The lowest BCUT2D eigenvalue weighted by Gasteiger charge is -1.97. The van der Waals surface area contributed by atoms with Gasteiger partial charge in [-0.05, 0) is 23.9 Å². The number of benzene rings is 1. The first kappa shape index (κ1) is 14.5. The molecular formula is C8H8N4O4S. The zero-order valence-electron chi connectivity index (χ0n) is 8.36. The number of anilines is 1. The van der Waals surface area contributed by atoms with Crippen LogP contribution in [-0.4, -0.2) is 16.1 Å². The van der Waals surface area contributed by atoms with Crippen molar-refractivity contribution < 1.29 is 14.8 Å². The molecule has 8 nitrogen and oxygen atoms in total.